The van der Waals surface area contributed by atoms with E-state index in [-0.39, 0.29) is 18.0 Å². The molecule has 3 rings (SSSR count). The van der Waals surface area contributed by atoms with Crippen molar-refractivity contribution in [3.05, 3.63) is 75.3 Å². The SMILES string of the molecule is Cc1ccc([N+](=O)[O-])cc1NC(=O)CCc1ncc(-c2ccc(Cl)cc2)o1. The lowest BCUT2D eigenvalue weighted by atomic mass is 10.1. The number of non-ortho nitro benzene ring substituents is 1. The summed E-state index contributed by atoms with van der Waals surface area (Å²) in [6, 6.07) is 11.5. The van der Waals surface area contributed by atoms with Crippen LogP contribution in [0.2, 0.25) is 5.02 Å². The largest absolute Gasteiger partial charge is 0.441 e. The molecule has 0 bridgehead atoms. The van der Waals surface area contributed by atoms with E-state index in [9.17, 15) is 14.9 Å². The van der Waals surface area contributed by atoms with Crippen LogP contribution in [0, 0.1) is 17.0 Å². The predicted octanol–water partition coefficient (Wildman–Crippen LogP) is 4.78. The second kappa shape index (κ2) is 8.01. The number of aromatic nitrogens is 1. The minimum absolute atomic E-state index is 0.0730. The quantitative estimate of drug-likeness (QED) is 0.486. The maximum Gasteiger partial charge on any atom is 0.271 e. The summed E-state index contributed by atoms with van der Waals surface area (Å²) in [6.07, 6.45) is 2.05. The van der Waals surface area contributed by atoms with Gasteiger partial charge in [0.1, 0.15) is 0 Å². The van der Waals surface area contributed by atoms with Gasteiger partial charge in [-0.05, 0) is 36.8 Å². The van der Waals surface area contributed by atoms with Crippen molar-refractivity contribution in [1.29, 1.82) is 0 Å². The number of carbonyl (C=O) groups is 1. The number of benzene rings is 2. The third kappa shape index (κ3) is 4.71. The van der Waals surface area contributed by atoms with Crippen LogP contribution < -0.4 is 5.32 Å². The molecular weight excluding hydrogens is 370 g/mol. The molecule has 0 saturated heterocycles. The van der Waals surface area contributed by atoms with E-state index >= 15 is 0 Å². The van der Waals surface area contributed by atoms with E-state index in [0.29, 0.717) is 28.8 Å². The molecule has 1 heterocycles. The number of aryl methyl sites for hydroxylation is 2. The molecule has 0 aliphatic rings. The molecule has 2 aromatic carbocycles. The maximum atomic E-state index is 12.2. The zero-order chi connectivity index (χ0) is 19.4. The van der Waals surface area contributed by atoms with Crippen LogP contribution in [0.1, 0.15) is 17.9 Å². The predicted molar refractivity (Wildman–Crippen MR) is 102 cm³/mol. The van der Waals surface area contributed by atoms with Crippen LogP contribution in [-0.4, -0.2) is 15.8 Å². The van der Waals surface area contributed by atoms with E-state index in [1.807, 2.05) is 12.1 Å². The van der Waals surface area contributed by atoms with Gasteiger partial charge in [-0.25, -0.2) is 4.98 Å². The average Bonchev–Trinajstić information content (AvgIpc) is 3.11. The summed E-state index contributed by atoms with van der Waals surface area (Å²) < 4.78 is 5.66. The first-order valence-corrected chi connectivity index (χ1v) is 8.56. The normalized spacial score (nSPS) is 10.6. The number of nitro groups is 1. The molecule has 1 aromatic heterocycles. The summed E-state index contributed by atoms with van der Waals surface area (Å²) in [5.41, 5.74) is 1.93. The Balaban J connectivity index is 1.61. The summed E-state index contributed by atoms with van der Waals surface area (Å²) in [6.45, 7) is 1.77. The molecule has 3 aromatic rings. The van der Waals surface area contributed by atoms with Gasteiger partial charge in [0.2, 0.25) is 5.91 Å². The molecule has 0 saturated carbocycles. The van der Waals surface area contributed by atoms with Crippen LogP contribution in [-0.2, 0) is 11.2 Å². The summed E-state index contributed by atoms with van der Waals surface area (Å²) in [7, 11) is 0. The Morgan fingerprint density at radius 1 is 1.26 bits per heavy atom. The summed E-state index contributed by atoms with van der Waals surface area (Å²) in [5.74, 6) is 0.757. The molecule has 0 aliphatic carbocycles. The van der Waals surface area contributed by atoms with E-state index in [2.05, 4.69) is 10.3 Å². The Hall–Kier alpha value is -3.19. The van der Waals surface area contributed by atoms with Gasteiger partial charge in [-0.15, -0.1) is 0 Å². The third-order valence-electron chi connectivity index (χ3n) is 3.95. The highest BCUT2D eigenvalue weighted by Crippen LogP contribution is 2.24. The zero-order valence-corrected chi connectivity index (χ0v) is 15.2. The number of nitro benzene ring substituents is 1. The topological polar surface area (TPSA) is 98.3 Å². The number of hydrogen-bond donors (Lipinski definition) is 1. The molecule has 1 amide bonds. The number of nitrogens with one attached hydrogen (secondary N) is 1. The third-order valence-corrected chi connectivity index (χ3v) is 4.21. The van der Waals surface area contributed by atoms with Crippen molar-refractivity contribution in [2.75, 3.05) is 5.32 Å². The monoisotopic (exact) mass is 385 g/mol. The van der Waals surface area contributed by atoms with E-state index in [4.69, 9.17) is 16.0 Å². The molecule has 7 nitrogen and oxygen atoms in total. The first kappa shape index (κ1) is 18.6. The number of anilines is 1. The van der Waals surface area contributed by atoms with E-state index in [1.54, 1.807) is 31.3 Å². The molecule has 0 fully saturated rings. The van der Waals surface area contributed by atoms with Crippen LogP contribution >= 0.6 is 11.6 Å². The summed E-state index contributed by atoms with van der Waals surface area (Å²) in [5, 5.41) is 14.2. The van der Waals surface area contributed by atoms with Gasteiger partial charge in [0, 0.05) is 35.6 Å². The molecule has 0 aliphatic heterocycles. The second-order valence-corrected chi connectivity index (χ2v) is 6.37. The van der Waals surface area contributed by atoms with Gasteiger partial charge < -0.3 is 9.73 Å². The molecule has 138 valence electrons. The first-order valence-electron chi connectivity index (χ1n) is 8.18. The molecule has 0 atom stereocenters. The molecule has 27 heavy (non-hydrogen) atoms. The van der Waals surface area contributed by atoms with Gasteiger partial charge >= 0.3 is 0 Å². The maximum absolute atomic E-state index is 12.2. The van der Waals surface area contributed by atoms with E-state index < -0.39 is 4.92 Å². The first-order chi connectivity index (χ1) is 12.9. The number of oxazole rings is 1. The van der Waals surface area contributed by atoms with Crippen LogP contribution in [0.4, 0.5) is 11.4 Å². The highest BCUT2D eigenvalue weighted by molar-refractivity contribution is 6.30. The van der Waals surface area contributed by atoms with Crippen LogP contribution in [0.5, 0.6) is 0 Å². The molecule has 8 heteroatoms. The Labute approximate surface area is 160 Å². The van der Waals surface area contributed by atoms with Crippen LogP contribution in [0.15, 0.2) is 53.1 Å². The fraction of sp³-hybridized carbons (Fsp3) is 0.158. The Morgan fingerprint density at radius 3 is 2.70 bits per heavy atom. The van der Waals surface area contributed by atoms with E-state index in [0.717, 1.165) is 11.1 Å². The van der Waals surface area contributed by atoms with Crippen LogP contribution in [0.3, 0.4) is 0 Å². The lowest BCUT2D eigenvalue weighted by Gasteiger charge is -2.07. The minimum atomic E-state index is -0.500. The van der Waals surface area contributed by atoms with Gasteiger partial charge in [-0.3, -0.25) is 14.9 Å². The Morgan fingerprint density at radius 2 is 2.00 bits per heavy atom. The molecule has 0 unspecified atom stereocenters. The van der Waals surface area contributed by atoms with Crippen molar-refractivity contribution in [3.63, 3.8) is 0 Å². The lowest BCUT2D eigenvalue weighted by Crippen LogP contribution is -2.13. The average molecular weight is 386 g/mol. The zero-order valence-electron chi connectivity index (χ0n) is 14.4. The number of nitrogens with zero attached hydrogens (tertiary/aromatic N) is 2. The fourth-order valence-electron chi connectivity index (χ4n) is 2.46. The number of halogens is 1. The number of hydrogen-bond acceptors (Lipinski definition) is 5. The standard InChI is InChI=1S/C19H16ClN3O4/c1-12-2-7-15(23(25)26)10-16(12)22-18(24)8-9-19-21-11-17(27-19)13-3-5-14(20)6-4-13/h2-7,10-11H,8-9H2,1H3,(H,22,24). The van der Waals surface area contributed by atoms with Gasteiger partial charge in [0.25, 0.3) is 5.69 Å². The van der Waals surface area contributed by atoms with Gasteiger partial charge in [0.15, 0.2) is 11.7 Å². The highest BCUT2D eigenvalue weighted by atomic mass is 35.5. The molecule has 0 spiro atoms. The van der Waals surface area contributed by atoms with Crippen molar-refractivity contribution in [3.8, 4) is 11.3 Å². The van der Waals surface area contributed by atoms with Gasteiger partial charge in [-0.1, -0.05) is 17.7 Å². The minimum Gasteiger partial charge on any atom is -0.441 e. The van der Waals surface area contributed by atoms with Crippen molar-refractivity contribution in [2.24, 2.45) is 0 Å². The highest BCUT2D eigenvalue weighted by Gasteiger charge is 2.13. The molecule has 1 N–H and O–H groups in total. The van der Waals surface area contributed by atoms with Crippen LogP contribution in [0.25, 0.3) is 11.3 Å². The molecule has 0 radical (unpaired) electrons. The Kier molecular flexibility index (Phi) is 5.52. The fourth-order valence-corrected chi connectivity index (χ4v) is 2.59. The van der Waals surface area contributed by atoms with Crippen molar-refractivity contribution < 1.29 is 14.1 Å². The van der Waals surface area contributed by atoms with Gasteiger partial charge in [0.05, 0.1) is 16.8 Å². The van der Waals surface area contributed by atoms with E-state index in [1.165, 1.54) is 12.1 Å². The Bertz CT molecular complexity index is 983. The number of rotatable bonds is 6. The second-order valence-electron chi connectivity index (χ2n) is 5.93. The van der Waals surface area contributed by atoms with Crippen molar-refractivity contribution in [2.45, 2.75) is 19.8 Å². The lowest BCUT2D eigenvalue weighted by molar-refractivity contribution is -0.384. The summed E-state index contributed by atoms with van der Waals surface area (Å²) in [4.78, 5) is 26.7. The number of carbonyl (C=O) groups excluding carboxylic acids is 1. The molecular formula is C19H16ClN3O4. The summed E-state index contributed by atoms with van der Waals surface area (Å²) >= 11 is 5.87. The van der Waals surface area contributed by atoms with Gasteiger partial charge in [-0.2, -0.15) is 0 Å². The number of amides is 1. The van der Waals surface area contributed by atoms with Crippen molar-refractivity contribution in [1.82, 2.24) is 4.98 Å². The smallest absolute Gasteiger partial charge is 0.271 e. The van der Waals surface area contributed by atoms with Crippen molar-refractivity contribution >= 4 is 28.9 Å².